The summed E-state index contributed by atoms with van der Waals surface area (Å²) in [7, 11) is 0. The summed E-state index contributed by atoms with van der Waals surface area (Å²) in [6.07, 6.45) is 0.951. The first kappa shape index (κ1) is 15.4. The van der Waals surface area contributed by atoms with Gasteiger partial charge in [0.2, 0.25) is 11.9 Å². The summed E-state index contributed by atoms with van der Waals surface area (Å²) >= 11 is 0. The number of aromatic nitrogens is 3. The van der Waals surface area contributed by atoms with Crippen LogP contribution in [-0.2, 0) is 0 Å². The second kappa shape index (κ2) is 8.47. The highest BCUT2D eigenvalue weighted by atomic mass is 16.5. The highest BCUT2D eigenvalue weighted by molar-refractivity contribution is 5.38. The molecule has 1 aromatic heterocycles. The zero-order valence-corrected chi connectivity index (χ0v) is 11.9. The van der Waals surface area contributed by atoms with Crippen molar-refractivity contribution >= 4 is 11.9 Å². The Balaban J connectivity index is 3.00. The second-order valence-electron chi connectivity index (χ2n) is 3.92. The third-order valence-corrected chi connectivity index (χ3v) is 2.36. The Morgan fingerprint density at radius 2 is 1.95 bits per heavy atom. The van der Waals surface area contributed by atoms with Gasteiger partial charge < -0.3 is 20.1 Å². The minimum atomic E-state index is 0.0617. The van der Waals surface area contributed by atoms with Crippen molar-refractivity contribution in [2.45, 2.75) is 27.2 Å². The van der Waals surface area contributed by atoms with Gasteiger partial charge in [0.15, 0.2) is 0 Å². The van der Waals surface area contributed by atoms with E-state index in [1.165, 1.54) is 0 Å². The van der Waals surface area contributed by atoms with Crippen molar-refractivity contribution in [3.05, 3.63) is 0 Å². The maximum absolute atomic E-state index is 9.11. The van der Waals surface area contributed by atoms with Gasteiger partial charge in [-0.15, -0.1) is 0 Å². The Bertz CT molecular complexity index is 345. The largest absolute Gasteiger partial charge is 0.464 e. The van der Waals surface area contributed by atoms with Crippen molar-refractivity contribution in [2.75, 3.05) is 43.1 Å². The molecule has 1 aromatic rings. The number of ether oxygens (including phenoxy) is 1. The average Bonchev–Trinajstić information content (AvgIpc) is 2.39. The number of aliphatic hydroxyl groups excluding tert-OH is 1. The van der Waals surface area contributed by atoms with Gasteiger partial charge in [-0.05, 0) is 20.3 Å². The van der Waals surface area contributed by atoms with Crippen LogP contribution in [-0.4, -0.2) is 52.9 Å². The van der Waals surface area contributed by atoms with Crippen LogP contribution in [0.3, 0.4) is 0 Å². The van der Waals surface area contributed by atoms with Gasteiger partial charge in [0.1, 0.15) is 0 Å². The Labute approximate surface area is 114 Å². The lowest BCUT2D eigenvalue weighted by Gasteiger charge is -2.21. The van der Waals surface area contributed by atoms with Crippen molar-refractivity contribution in [3.63, 3.8) is 0 Å². The number of rotatable bonds is 9. The van der Waals surface area contributed by atoms with Gasteiger partial charge in [-0.1, -0.05) is 6.92 Å². The predicted molar refractivity (Wildman–Crippen MR) is 74.7 cm³/mol. The van der Waals surface area contributed by atoms with Crippen LogP contribution in [0, 0.1) is 0 Å². The van der Waals surface area contributed by atoms with E-state index >= 15 is 0 Å². The smallest absolute Gasteiger partial charge is 0.323 e. The summed E-state index contributed by atoms with van der Waals surface area (Å²) in [5.74, 6) is 1.03. The van der Waals surface area contributed by atoms with Crippen LogP contribution in [0.2, 0.25) is 0 Å². The van der Waals surface area contributed by atoms with Crippen LogP contribution in [0.15, 0.2) is 0 Å². The van der Waals surface area contributed by atoms with E-state index < -0.39 is 0 Å². The zero-order valence-electron chi connectivity index (χ0n) is 11.9. The summed E-state index contributed by atoms with van der Waals surface area (Å²) in [6, 6.07) is 0.308. The molecule has 0 spiro atoms. The maximum atomic E-state index is 9.11. The topological polar surface area (TPSA) is 83.4 Å². The van der Waals surface area contributed by atoms with Crippen LogP contribution in [0.4, 0.5) is 11.9 Å². The molecule has 0 amide bonds. The van der Waals surface area contributed by atoms with Crippen LogP contribution >= 0.6 is 0 Å². The van der Waals surface area contributed by atoms with Crippen molar-refractivity contribution in [1.82, 2.24) is 15.0 Å². The fraction of sp³-hybridized carbons (Fsp3) is 0.750. The average molecular weight is 269 g/mol. The molecule has 0 aliphatic rings. The SMILES string of the molecule is CCCN(CCO)c1nc(NCC)nc(OCC)n1. The molecule has 2 N–H and O–H groups in total. The van der Waals surface area contributed by atoms with Crippen molar-refractivity contribution in [2.24, 2.45) is 0 Å². The summed E-state index contributed by atoms with van der Waals surface area (Å²) in [4.78, 5) is 14.7. The fourth-order valence-corrected chi connectivity index (χ4v) is 1.62. The molecule has 0 bridgehead atoms. The molecule has 0 aliphatic heterocycles. The molecule has 0 aromatic carbocycles. The van der Waals surface area contributed by atoms with Gasteiger partial charge >= 0.3 is 6.01 Å². The van der Waals surface area contributed by atoms with Gasteiger partial charge in [0.25, 0.3) is 0 Å². The number of nitrogens with one attached hydrogen (secondary N) is 1. The molecule has 108 valence electrons. The molecule has 0 atom stereocenters. The molecule has 0 radical (unpaired) electrons. The van der Waals surface area contributed by atoms with Gasteiger partial charge in [-0.25, -0.2) is 0 Å². The number of hydrogen-bond acceptors (Lipinski definition) is 7. The third-order valence-electron chi connectivity index (χ3n) is 2.36. The van der Waals surface area contributed by atoms with Crippen LogP contribution in [0.25, 0.3) is 0 Å². The minimum Gasteiger partial charge on any atom is -0.464 e. The van der Waals surface area contributed by atoms with Crippen molar-refractivity contribution in [1.29, 1.82) is 0 Å². The Morgan fingerprint density at radius 3 is 2.53 bits per heavy atom. The Morgan fingerprint density at radius 1 is 1.16 bits per heavy atom. The van der Waals surface area contributed by atoms with Crippen LogP contribution in [0.5, 0.6) is 6.01 Å². The highest BCUT2D eigenvalue weighted by Gasteiger charge is 2.13. The van der Waals surface area contributed by atoms with E-state index in [1.54, 1.807) is 0 Å². The Hall–Kier alpha value is -1.63. The molecular weight excluding hydrogens is 246 g/mol. The van der Waals surface area contributed by atoms with Gasteiger partial charge in [0.05, 0.1) is 13.2 Å². The number of anilines is 2. The summed E-state index contributed by atoms with van der Waals surface area (Å²) in [5, 5.41) is 12.2. The molecule has 0 aliphatic carbocycles. The van der Waals surface area contributed by atoms with Gasteiger partial charge in [-0.2, -0.15) is 15.0 Å². The number of aliphatic hydroxyl groups is 1. The van der Waals surface area contributed by atoms with Gasteiger partial charge in [0, 0.05) is 19.6 Å². The van der Waals surface area contributed by atoms with E-state index in [9.17, 15) is 0 Å². The lowest BCUT2D eigenvalue weighted by Crippen LogP contribution is -2.29. The lowest BCUT2D eigenvalue weighted by atomic mass is 10.4. The van der Waals surface area contributed by atoms with E-state index in [1.807, 2.05) is 18.7 Å². The van der Waals surface area contributed by atoms with Crippen molar-refractivity contribution in [3.8, 4) is 6.01 Å². The predicted octanol–water partition coefficient (Wildman–Crippen LogP) is 0.911. The molecule has 1 heterocycles. The first-order valence-electron chi connectivity index (χ1n) is 6.73. The summed E-state index contributed by atoms with van der Waals surface area (Å²) in [6.45, 7) is 8.49. The quantitative estimate of drug-likeness (QED) is 0.689. The first-order valence-corrected chi connectivity index (χ1v) is 6.73. The monoisotopic (exact) mass is 269 g/mol. The summed E-state index contributed by atoms with van der Waals surface area (Å²) < 4.78 is 5.35. The molecule has 0 unspecified atom stereocenters. The van der Waals surface area contributed by atoms with Crippen molar-refractivity contribution < 1.29 is 9.84 Å². The normalized spacial score (nSPS) is 10.3. The fourth-order valence-electron chi connectivity index (χ4n) is 1.62. The zero-order chi connectivity index (χ0) is 14.1. The molecule has 0 fully saturated rings. The van der Waals surface area contributed by atoms with E-state index in [-0.39, 0.29) is 6.61 Å². The minimum absolute atomic E-state index is 0.0617. The standard InChI is InChI=1S/C12H23N5O2/c1-4-7-17(8-9-18)11-14-10(13-5-2)15-12(16-11)19-6-3/h18H,4-9H2,1-3H3,(H,13,14,15,16). The first-order chi connectivity index (χ1) is 9.24. The Kier molecular flexibility index (Phi) is 6.88. The van der Waals surface area contributed by atoms with Crippen LogP contribution in [0.1, 0.15) is 27.2 Å². The molecule has 19 heavy (non-hydrogen) atoms. The summed E-state index contributed by atoms with van der Waals surface area (Å²) in [5.41, 5.74) is 0. The molecular formula is C12H23N5O2. The molecule has 0 saturated carbocycles. The van der Waals surface area contributed by atoms with E-state index in [0.29, 0.717) is 31.1 Å². The van der Waals surface area contributed by atoms with Crippen LogP contribution < -0.4 is 15.0 Å². The molecule has 1 rings (SSSR count). The van der Waals surface area contributed by atoms with E-state index in [0.717, 1.165) is 19.5 Å². The number of hydrogen-bond donors (Lipinski definition) is 2. The third kappa shape index (κ3) is 4.86. The van der Waals surface area contributed by atoms with E-state index in [4.69, 9.17) is 9.84 Å². The molecule has 0 saturated heterocycles. The maximum Gasteiger partial charge on any atom is 0.323 e. The van der Waals surface area contributed by atoms with Gasteiger partial charge in [-0.3, -0.25) is 0 Å². The lowest BCUT2D eigenvalue weighted by molar-refractivity contribution is 0.298. The molecule has 7 heteroatoms. The van der Waals surface area contributed by atoms with E-state index in [2.05, 4.69) is 27.2 Å². The number of nitrogens with zero attached hydrogens (tertiary/aromatic N) is 4. The highest BCUT2D eigenvalue weighted by Crippen LogP contribution is 2.15. The molecule has 7 nitrogen and oxygen atoms in total. The second-order valence-corrected chi connectivity index (χ2v) is 3.92.